The topological polar surface area (TPSA) is 55.0 Å². The highest BCUT2D eigenvalue weighted by atomic mass is 16.5. The van der Waals surface area contributed by atoms with E-state index in [1.165, 1.54) is 16.3 Å². The number of aromatic amines is 1. The molecule has 0 fully saturated rings. The molecule has 0 aliphatic heterocycles. The first-order valence-electron chi connectivity index (χ1n) is 9.41. The zero-order valence-electron chi connectivity index (χ0n) is 15.9. The number of hydrogen-bond donors (Lipinski definition) is 1. The second-order valence-corrected chi connectivity index (χ2v) is 6.96. The van der Waals surface area contributed by atoms with Crippen LogP contribution in [0.5, 0.6) is 0 Å². The van der Waals surface area contributed by atoms with Crippen molar-refractivity contribution in [3.8, 4) is 11.1 Å². The van der Waals surface area contributed by atoms with Crippen molar-refractivity contribution in [2.24, 2.45) is 0 Å². The van der Waals surface area contributed by atoms with Gasteiger partial charge >= 0.3 is 5.97 Å². The van der Waals surface area contributed by atoms with E-state index >= 15 is 0 Å². The number of nitrogens with one attached hydrogen (secondary N) is 1. The van der Waals surface area contributed by atoms with E-state index in [1.807, 2.05) is 6.07 Å². The molecular formula is C24H22N2O2. The summed E-state index contributed by atoms with van der Waals surface area (Å²) >= 11 is 0. The molecule has 0 atom stereocenters. The number of rotatable bonds is 6. The second kappa shape index (κ2) is 7.69. The predicted octanol–water partition coefficient (Wildman–Crippen LogP) is 5.44. The van der Waals surface area contributed by atoms with Gasteiger partial charge in [-0.15, -0.1) is 0 Å². The molecule has 1 aromatic heterocycles. The van der Waals surface area contributed by atoms with Crippen molar-refractivity contribution in [3.63, 3.8) is 0 Å². The van der Waals surface area contributed by atoms with Gasteiger partial charge in [-0.3, -0.25) is 0 Å². The van der Waals surface area contributed by atoms with Crippen LogP contribution in [0, 0.1) is 0 Å². The number of benzene rings is 3. The molecule has 0 amide bonds. The molecule has 0 radical (unpaired) electrons. The van der Waals surface area contributed by atoms with Gasteiger partial charge < -0.3 is 9.72 Å². The maximum atomic E-state index is 11.4. The van der Waals surface area contributed by atoms with Gasteiger partial charge in [-0.05, 0) is 47.4 Å². The van der Waals surface area contributed by atoms with E-state index in [4.69, 9.17) is 4.74 Å². The lowest BCUT2D eigenvalue weighted by atomic mass is 9.98. The van der Waals surface area contributed by atoms with Crippen LogP contribution in [-0.2, 0) is 16.0 Å². The number of H-pyrrole nitrogens is 1. The van der Waals surface area contributed by atoms with E-state index in [1.54, 1.807) is 6.92 Å². The molecule has 3 aromatic carbocycles. The van der Waals surface area contributed by atoms with Crippen molar-refractivity contribution in [2.75, 3.05) is 6.61 Å². The first-order chi connectivity index (χ1) is 13.6. The second-order valence-electron chi connectivity index (χ2n) is 6.96. The SMILES string of the molecule is C=C(C)C(=O)OCCCc1nc2ccc(-c3cccc4ccccc34)cc2[nH]1. The molecule has 0 spiro atoms. The number of carbonyl (C=O) groups is 1. The lowest BCUT2D eigenvalue weighted by molar-refractivity contribution is -0.139. The third-order valence-corrected chi connectivity index (χ3v) is 4.77. The monoisotopic (exact) mass is 370 g/mol. The van der Waals surface area contributed by atoms with Crippen molar-refractivity contribution in [1.29, 1.82) is 0 Å². The Hall–Kier alpha value is -3.40. The van der Waals surface area contributed by atoms with Gasteiger partial charge in [-0.25, -0.2) is 9.78 Å². The lowest BCUT2D eigenvalue weighted by Gasteiger charge is -2.06. The predicted molar refractivity (Wildman–Crippen MR) is 113 cm³/mol. The van der Waals surface area contributed by atoms with Crippen molar-refractivity contribution >= 4 is 27.8 Å². The number of ether oxygens (including phenoxy) is 1. The van der Waals surface area contributed by atoms with Crippen LogP contribution in [0.1, 0.15) is 19.2 Å². The fourth-order valence-corrected chi connectivity index (χ4v) is 3.35. The van der Waals surface area contributed by atoms with Gasteiger partial charge in [0.25, 0.3) is 0 Å². The summed E-state index contributed by atoms with van der Waals surface area (Å²) in [7, 11) is 0. The van der Waals surface area contributed by atoms with E-state index in [9.17, 15) is 4.79 Å². The largest absolute Gasteiger partial charge is 0.462 e. The van der Waals surface area contributed by atoms with Crippen LogP contribution >= 0.6 is 0 Å². The highest BCUT2D eigenvalue weighted by molar-refractivity contribution is 5.98. The Morgan fingerprint density at radius 3 is 2.79 bits per heavy atom. The molecule has 1 heterocycles. The minimum atomic E-state index is -0.343. The number of fused-ring (bicyclic) bond motifs is 2. The normalized spacial score (nSPS) is 11.0. The third kappa shape index (κ3) is 3.67. The van der Waals surface area contributed by atoms with Crippen LogP contribution in [0.25, 0.3) is 32.9 Å². The number of nitrogens with zero attached hydrogens (tertiary/aromatic N) is 1. The van der Waals surface area contributed by atoms with E-state index < -0.39 is 0 Å². The fraction of sp³-hybridized carbons (Fsp3) is 0.167. The quantitative estimate of drug-likeness (QED) is 0.279. The molecule has 28 heavy (non-hydrogen) atoms. The van der Waals surface area contributed by atoms with E-state index in [-0.39, 0.29) is 5.97 Å². The Bertz CT molecular complexity index is 1170. The van der Waals surface area contributed by atoms with Crippen LogP contribution < -0.4 is 0 Å². The summed E-state index contributed by atoms with van der Waals surface area (Å²) in [5, 5.41) is 2.47. The van der Waals surface area contributed by atoms with Gasteiger partial charge in [0.05, 0.1) is 17.6 Å². The van der Waals surface area contributed by atoms with Crippen molar-refractivity contribution in [1.82, 2.24) is 9.97 Å². The van der Waals surface area contributed by atoms with Crippen molar-refractivity contribution in [2.45, 2.75) is 19.8 Å². The van der Waals surface area contributed by atoms with Crippen LogP contribution in [0.2, 0.25) is 0 Å². The molecule has 0 bridgehead atoms. The van der Waals surface area contributed by atoms with Gasteiger partial charge in [0.15, 0.2) is 0 Å². The average Bonchev–Trinajstić information content (AvgIpc) is 3.12. The Kier molecular flexibility index (Phi) is 4.94. The number of esters is 1. The van der Waals surface area contributed by atoms with E-state index in [0.717, 1.165) is 35.3 Å². The maximum absolute atomic E-state index is 11.4. The van der Waals surface area contributed by atoms with Crippen LogP contribution in [-0.4, -0.2) is 22.5 Å². The molecule has 4 aromatic rings. The molecule has 1 N–H and O–H groups in total. The summed E-state index contributed by atoms with van der Waals surface area (Å²) in [5.41, 5.74) is 4.75. The first kappa shape index (κ1) is 18.0. The molecule has 4 nitrogen and oxygen atoms in total. The van der Waals surface area contributed by atoms with E-state index in [0.29, 0.717) is 12.2 Å². The number of aryl methyl sites for hydroxylation is 1. The van der Waals surface area contributed by atoms with Gasteiger partial charge in [0, 0.05) is 12.0 Å². The third-order valence-electron chi connectivity index (χ3n) is 4.77. The molecule has 0 aliphatic rings. The number of hydrogen-bond acceptors (Lipinski definition) is 3. The van der Waals surface area contributed by atoms with Crippen LogP contribution in [0.3, 0.4) is 0 Å². The Balaban J connectivity index is 1.53. The molecule has 4 heteroatoms. The standard InChI is InChI=1S/C24H22N2O2/c1-16(2)24(27)28-14-6-11-23-25-21-13-12-18(15-22(21)26-23)20-10-5-8-17-7-3-4-9-19(17)20/h3-5,7-10,12-13,15H,1,6,11,14H2,2H3,(H,25,26). The Morgan fingerprint density at radius 1 is 1.11 bits per heavy atom. The van der Waals surface area contributed by atoms with Crippen molar-refractivity contribution < 1.29 is 9.53 Å². The van der Waals surface area contributed by atoms with Gasteiger partial charge in [-0.2, -0.15) is 0 Å². The molecule has 0 aliphatic carbocycles. The lowest BCUT2D eigenvalue weighted by Crippen LogP contribution is -2.07. The highest BCUT2D eigenvalue weighted by Gasteiger charge is 2.08. The molecule has 0 saturated heterocycles. The maximum Gasteiger partial charge on any atom is 0.333 e. The Labute approximate surface area is 163 Å². The van der Waals surface area contributed by atoms with Gasteiger partial charge in [-0.1, -0.05) is 55.1 Å². The fourth-order valence-electron chi connectivity index (χ4n) is 3.35. The Morgan fingerprint density at radius 2 is 1.93 bits per heavy atom. The van der Waals surface area contributed by atoms with Gasteiger partial charge in [0.1, 0.15) is 5.82 Å². The number of aromatic nitrogens is 2. The zero-order chi connectivity index (χ0) is 19.5. The molecular weight excluding hydrogens is 348 g/mol. The smallest absolute Gasteiger partial charge is 0.333 e. The summed E-state index contributed by atoms with van der Waals surface area (Å²) in [5.74, 6) is 0.556. The highest BCUT2D eigenvalue weighted by Crippen LogP contribution is 2.30. The summed E-state index contributed by atoms with van der Waals surface area (Å²) in [4.78, 5) is 19.5. The minimum Gasteiger partial charge on any atom is -0.462 e. The summed E-state index contributed by atoms with van der Waals surface area (Å²) < 4.78 is 5.14. The average molecular weight is 370 g/mol. The minimum absolute atomic E-state index is 0.343. The zero-order valence-corrected chi connectivity index (χ0v) is 15.9. The van der Waals surface area contributed by atoms with E-state index in [2.05, 4.69) is 71.1 Å². The number of carbonyl (C=O) groups excluding carboxylic acids is 1. The molecule has 140 valence electrons. The van der Waals surface area contributed by atoms with Crippen LogP contribution in [0.4, 0.5) is 0 Å². The number of imidazole rings is 1. The molecule has 0 saturated carbocycles. The summed E-state index contributed by atoms with van der Waals surface area (Å²) in [6.45, 7) is 5.59. The van der Waals surface area contributed by atoms with Gasteiger partial charge in [0.2, 0.25) is 0 Å². The first-order valence-corrected chi connectivity index (χ1v) is 9.41. The summed E-state index contributed by atoms with van der Waals surface area (Å²) in [6, 6.07) is 21.1. The van der Waals surface area contributed by atoms with Crippen LogP contribution in [0.15, 0.2) is 72.8 Å². The summed E-state index contributed by atoms with van der Waals surface area (Å²) in [6.07, 6.45) is 1.44. The molecule has 0 unspecified atom stereocenters. The molecule has 4 rings (SSSR count). The van der Waals surface area contributed by atoms with Crippen molar-refractivity contribution in [3.05, 3.63) is 78.6 Å².